The molecule has 0 fully saturated rings. The number of hydrogen-bond acceptors (Lipinski definition) is 1. The summed E-state index contributed by atoms with van der Waals surface area (Å²) in [6.07, 6.45) is 0. The largest absolute Gasteiger partial charge is 0.396 e. The molecule has 1 rings (SSSR count). The lowest BCUT2D eigenvalue weighted by Gasteiger charge is -2.04. The maximum Gasteiger partial charge on any atom is 0.197 e. The first-order valence-corrected chi connectivity index (χ1v) is 3.49. The molecule has 12 heavy (non-hydrogen) atoms. The summed E-state index contributed by atoms with van der Waals surface area (Å²) in [7, 11) is 0. The first-order chi connectivity index (χ1) is 5.46. The molecule has 0 spiro atoms. The second-order valence-electron chi connectivity index (χ2n) is 1.98. The highest BCUT2D eigenvalue weighted by Gasteiger charge is 2.20. The van der Waals surface area contributed by atoms with E-state index in [2.05, 4.69) is 0 Å². The average molecular weight is 216 g/mol. The standard InChI is InChI=1S/C6H2Cl2F3N/c7-1-3(9)5(11)4(10)2(8)6(1)12/h12H2. The lowest BCUT2D eigenvalue weighted by molar-refractivity contribution is 0.448. The topological polar surface area (TPSA) is 26.0 Å². The summed E-state index contributed by atoms with van der Waals surface area (Å²) in [5.41, 5.74) is 4.54. The Morgan fingerprint density at radius 1 is 0.833 bits per heavy atom. The van der Waals surface area contributed by atoms with Crippen LogP contribution in [0.25, 0.3) is 0 Å². The maximum absolute atomic E-state index is 12.5. The van der Waals surface area contributed by atoms with Gasteiger partial charge in [-0.05, 0) is 0 Å². The summed E-state index contributed by atoms with van der Waals surface area (Å²) < 4.78 is 37.6. The maximum atomic E-state index is 12.5. The van der Waals surface area contributed by atoms with Gasteiger partial charge in [0.05, 0.1) is 5.69 Å². The van der Waals surface area contributed by atoms with E-state index in [1.807, 2.05) is 0 Å². The van der Waals surface area contributed by atoms with Gasteiger partial charge < -0.3 is 5.73 Å². The van der Waals surface area contributed by atoms with Gasteiger partial charge in [0.15, 0.2) is 17.5 Å². The third-order valence-corrected chi connectivity index (χ3v) is 1.98. The normalized spacial score (nSPS) is 10.4. The van der Waals surface area contributed by atoms with Gasteiger partial charge in [0.25, 0.3) is 0 Å². The number of benzene rings is 1. The van der Waals surface area contributed by atoms with Crippen molar-refractivity contribution in [2.45, 2.75) is 0 Å². The Morgan fingerprint density at radius 3 is 1.50 bits per heavy atom. The zero-order chi connectivity index (χ0) is 9.46. The molecule has 0 unspecified atom stereocenters. The molecular weight excluding hydrogens is 214 g/mol. The van der Waals surface area contributed by atoms with Crippen LogP contribution in [0.15, 0.2) is 0 Å². The van der Waals surface area contributed by atoms with Gasteiger partial charge in [-0.3, -0.25) is 0 Å². The summed E-state index contributed by atoms with van der Waals surface area (Å²) >= 11 is 10.3. The van der Waals surface area contributed by atoms with E-state index in [1.54, 1.807) is 0 Å². The summed E-state index contributed by atoms with van der Waals surface area (Å²) in [6.45, 7) is 0. The molecule has 0 heterocycles. The highest BCUT2D eigenvalue weighted by molar-refractivity contribution is 6.39. The van der Waals surface area contributed by atoms with Crippen LogP contribution in [0.5, 0.6) is 0 Å². The zero-order valence-corrected chi connectivity index (χ0v) is 6.98. The fourth-order valence-corrected chi connectivity index (χ4v) is 1.03. The molecule has 1 aromatic rings. The fourth-order valence-electron chi connectivity index (χ4n) is 0.622. The van der Waals surface area contributed by atoms with E-state index >= 15 is 0 Å². The van der Waals surface area contributed by atoms with Crippen LogP contribution in [0.3, 0.4) is 0 Å². The SMILES string of the molecule is Nc1c(Cl)c(F)c(F)c(F)c1Cl. The van der Waals surface area contributed by atoms with Gasteiger partial charge in [0.1, 0.15) is 10.0 Å². The molecule has 0 aromatic heterocycles. The van der Waals surface area contributed by atoms with Crippen LogP contribution in [0, 0.1) is 17.5 Å². The van der Waals surface area contributed by atoms with Gasteiger partial charge in [-0.25, -0.2) is 13.2 Å². The van der Waals surface area contributed by atoms with Crippen molar-refractivity contribution in [1.29, 1.82) is 0 Å². The average Bonchev–Trinajstić information content (AvgIpc) is 2.08. The van der Waals surface area contributed by atoms with E-state index in [9.17, 15) is 13.2 Å². The van der Waals surface area contributed by atoms with E-state index in [1.165, 1.54) is 0 Å². The lowest BCUT2D eigenvalue weighted by Crippen LogP contribution is -1.99. The smallest absolute Gasteiger partial charge is 0.197 e. The molecule has 2 N–H and O–H groups in total. The van der Waals surface area contributed by atoms with Gasteiger partial charge in [0, 0.05) is 0 Å². The van der Waals surface area contributed by atoms with Gasteiger partial charge in [-0.2, -0.15) is 0 Å². The number of nitrogens with two attached hydrogens (primary N) is 1. The van der Waals surface area contributed by atoms with Crippen LogP contribution < -0.4 is 5.73 Å². The predicted octanol–water partition coefficient (Wildman–Crippen LogP) is 2.99. The summed E-state index contributed by atoms with van der Waals surface area (Å²) in [5, 5.41) is -1.42. The predicted molar refractivity (Wildman–Crippen MR) is 40.7 cm³/mol. The highest BCUT2D eigenvalue weighted by atomic mass is 35.5. The third-order valence-electron chi connectivity index (χ3n) is 1.24. The van der Waals surface area contributed by atoms with Gasteiger partial charge in [-0.1, -0.05) is 23.2 Å². The molecular formula is C6H2Cl2F3N. The monoisotopic (exact) mass is 215 g/mol. The molecule has 66 valence electrons. The van der Waals surface area contributed by atoms with Crippen molar-refractivity contribution in [2.75, 3.05) is 5.73 Å². The number of rotatable bonds is 0. The molecule has 0 saturated heterocycles. The van der Waals surface area contributed by atoms with Crippen molar-refractivity contribution >= 4 is 28.9 Å². The van der Waals surface area contributed by atoms with Crippen LogP contribution in [0.4, 0.5) is 18.9 Å². The quantitative estimate of drug-likeness (QED) is 0.402. The second kappa shape index (κ2) is 3.03. The van der Waals surface area contributed by atoms with Crippen molar-refractivity contribution in [3.05, 3.63) is 27.5 Å². The van der Waals surface area contributed by atoms with Crippen molar-refractivity contribution in [3.8, 4) is 0 Å². The molecule has 0 aliphatic carbocycles. The van der Waals surface area contributed by atoms with Crippen molar-refractivity contribution < 1.29 is 13.2 Å². The van der Waals surface area contributed by atoms with Crippen molar-refractivity contribution in [2.24, 2.45) is 0 Å². The number of nitrogen functional groups attached to an aromatic ring is 1. The molecule has 0 amide bonds. The van der Waals surface area contributed by atoms with Gasteiger partial charge in [-0.15, -0.1) is 0 Å². The third kappa shape index (κ3) is 1.21. The Bertz CT molecular complexity index is 235. The van der Waals surface area contributed by atoms with Crippen LogP contribution in [-0.2, 0) is 0 Å². The van der Waals surface area contributed by atoms with E-state index in [-0.39, 0.29) is 0 Å². The number of anilines is 1. The van der Waals surface area contributed by atoms with Crippen LogP contribution in [0.1, 0.15) is 0 Å². The number of halogens is 5. The summed E-state index contributed by atoms with van der Waals surface area (Å²) in [5.74, 6) is -4.79. The molecule has 0 saturated carbocycles. The molecule has 6 heteroatoms. The molecule has 1 aromatic carbocycles. The van der Waals surface area contributed by atoms with Crippen LogP contribution in [0.2, 0.25) is 10.0 Å². The molecule has 0 radical (unpaired) electrons. The number of hydrogen-bond donors (Lipinski definition) is 1. The molecule has 0 bridgehead atoms. The van der Waals surface area contributed by atoms with Gasteiger partial charge in [0.2, 0.25) is 0 Å². The second-order valence-corrected chi connectivity index (χ2v) is 2.74. The Balaban J connectivity index is 3.60. The minimum Gasteiger partial charge on any atom is -0.396 e. The van der Waals surface area contributed by atoms with Crippen molar-refractivity contribution in [1.82, 2.24) is 0 Å². The highest BCUT2D eigenvalue weighted by Crippen LogP contribution is 2.34. The Hall–Kier alpha value is -0.610. The first kappa shape index (κ1) is 9.48. The minimum absolute atomic E-state index is 0.505. The van der Waals surface area contributed by atoms with E-state index in [0.29, 0.717) is 0 Å². The Labute approximate surface area is 75.9 Å². The lowest BCUT2D eigenvalue weighted by atomic mass is 10.3. The van der Waals surface area contributed by atoms with E-state index in [4.69, 9.17) is 28.9 Å². The minimum atomic E-state index is -1.72. The van der Waals surface area contributed by atoms with Crippen molar-refractivity contribution in [3.63, 3.8) is 0 Å². The Kier molecular flexibility index (Phi) is 2.39. The molecule has 1 nitrogen and oxygen atoms in total. The first-order valence-electron chi connectivity index (χ1n) is 2.73. The van der Waals surface area contributed by atoms with E-state index < -0.39 is 33.2 Å². The fraction of sp³-hybridized carbons (Fsp3) is 0. The zero-order valence-electron chi connectivity index (χ0n) is 5.47. The molecule has 0 atom stereocenters. The van der Waals surface area contributed by atoms with Gasteiger partial charge >= 0.3 is 0 Å². The van der Waals surface area contributed by atoms with Crippen LogP contribution in [-0.4, -0.2) is 0 Å². The molecule has 0 aliphatic heterocycles. The Morgan fingerprint density at radius 2 is 1.17 bits per heavy atom. The molecule has 0 aliphatic rings. The summed E-state index contributed by atoms with van der Waals surface area (Å²) in [4.78, 5) is 0. The summed E-state index contributed by atoms with van der Waals surface area (Å²) in [6, 6.07) is 0. The van der Waals surface area contributed by atoms with E-state index in [0.717, 1.165) is 0 Å². The van der Waals surface area contributed by atoms with Crippen LogP contribution >= 0.6 is 23.2 Å².